The van der Waals surface area contributed by atoms with Crippen LogP contribution in [0, 0.1) is 0 Å². The van der Waals surface area contributed by atoms with Gasteiger partial charge in [-0.1, -0.05) is 31.2 Å². The number of ether oxygens (including phenoxy) is 1. The summed E-state index contributed by atoms with van der Waals surface area (Å²) in [5.41, 5.74) is 2.06. The number of fused-ring (bicyclic) bond motifs is 2. The summed E-state index contributed by atoms with van der Waals surface area (Å²) in [4.78, 5) is 7.22. The van der Waals surface area contributed by atoms with Crippen LogP contribution in [0.1, 0.15) is 39.0 Å². The van der Waals surface area contributed by atoms with E-state index in [1.165, 1.54) is 50.2 Å². The fraction of sp³-hybridized carbons (Fsp3) is 0.500. The summed E-state index contributed by atoms with van der Waals surface area (Å²) in [7, 11) is -1.63. The first-order valence-corrected chi connectivity index (χ1v) is 13.8. The molecule has 0 aliphatic carbocycles. The topological polar surface area (TPSA) is 49.9 Å². The number of piperidine rings is 1. The Morgan fingerprint density at radius 1 is 1.13 bits per heavy atom. The molecule has 1 unspecified atom stereocenters. The fourth-order valence-corrected chi connectivity index (χ4v) is 7.19. The van der Waals surface area contributed by atoms with Gasteiger partial charge in [-0.3, -0.25) is 0 Å². The first kappa shape index (κ1) is 22.5. The first-order chi connectivity index (χ1) is 14.9. The van der Waals surface area contributed by atoms with Crippen molar-refractivity contribution in [2.24, 2.45) is 0 Å². The number of methoxy groups -OCH3 is 1. The number of anilines is 2. The van der Waals surface area contributed by atoms with Gasteiger partial charge in [0, 0.05) is 36.3 Å². The van der Waals surface area contributed by atoms with Crippen LogP contribution in [0.25, 0.3) is 0 Å². The van der Waals surface area contributed by atoms with Crippen molar-refractivity contribution in [3.8, 4) is 5.75 Å². The second-order valence-corrected chi connectivity index (χ2v) is 11.4. The third kappa shape index (κ3) is 4.73. The van der Waals surface area contributed by atoms with Crippen LogP contribution in [0.2, 0.25) is 0 Å². The summed E-state index contributed by atoms with van der Waals surface area (Å²) in [5.74, 6) is 0.814. The molecule has 2 aromatic carbocycles. The monoisotopic (exact) mass is 460 g/mol. The van der Waals surface area contributed by atoms with E-state index in [0.717, 1.165) is 46.4 Å². The maximum Gasteiger partial charge on any atom is 0.176 e. The highest BCUT2D eigenvalue weighted by molar-refractivity contribution is 8.00. The third-order valence-corrected chi connectivity index (χ3v) is 8.83. The van der Waals surface area contributed by atoms with Gasteiger partial charge in [0.1, 0.15) is 5.75 Å². The van der Waals surface area contributed by atoms with Gasteiger partial charge in [0.15, 0.2) is 9.84 Å². The Hall–Kier alpha value is -1.70. The van der Waals surface area contributed by atoms with Gasteiger partial charge in [-0.2, -0.15) is 0 Å². The Morgan fingerprint density at radius 3 is 2.71 bits per heavy atom. The van der Waals surface area contributed by atoms with E-state index in [1.54, 1.807) is 13.2 Å². The Balaban J connectivity index is 1.64. The van der Waals surface area contributed by atoms with Crippen molar-refractivity contribution in [3.63, 3.8) is 0 Å². The second kappa shape index (κ2) is 9.43. The van der Waals surface area contributed by atoms with E-state index in [9.17, 15) is 8.42 Å². The third-order valence-electron chi connectivity index (χ3n) is 6.36. The van der Waals surface area contributed by atoms with Crippen molar-refractivity contribution in [1.29, 1.82) is 0 Å². The minimum Gasteiger partial charge on any atom is -0.497 e. The lowest BCUT2D eigenvalue weighted by atomic mass is 10.00. The van der Waals surface area contributed by atoms with Crippen LogP contribution in [-0.4, -0.2) is 52.4 Å². The zero-order valence-corrected chi connectivity index (χ0v) is 20.3. The van der Waals surface area contributed by atoms with Gasteiger partial charge in [-0.25, -0.2) is 8.42 Å². The molecule has 0 amide bonds. The number of hydrogen-bond donors (Lipinski definition) is 0. The molecule has 0 radical (unpaired) electrons. The van der Waals surface area contributed by atoms with Gasteiger partial charge in [-0.05, 0) is 56.5 Å². The molecule has 168 valence electrons. The number of likely N-dealkylation sites (tertiary alicyclic amines) is 1. The molecule has 4 rings (SSSR count). The van der Waals surface area contributed by atoms with E-state index in [4.69, 9.17) is 4.74 Å². The van der Waals surface area contributed by atoms with Crippen LogP contribution in [0.15, 0.2) is 51.1 Å². The molecule has 5 nitrogen and oxygen atoms in total. The highest BCUT2D eigenvalue weighted by atomic mass is 32.2. The Labute approximate surface area is 190 Å². The van der Waals surface area contributed by atoms with Crippen LogP contribution >= 0.6 is 11.8 Å². The molecule has 0 spiro atoms. The molecule has 1 fully saturated rings. The molecule has 0 aromatic heterocycles. The number of nitrogens with zero attached hydrogens (tertiary/aromatic N) is 2. The largest absolute Gasteiger partial charge is 0.497 e. The molecular weight excluding hydrogens is 428 g/mol. The number of sulfone groups is 1. The van der Waals surface area contributed by atoms with Gasteiger partial charge < -0.3 is 14.5 Å². The number of rotatable bonds is 7. The fourth-order valence-electron chi connectivity index (χ4n) is 4.76. The molecule has 0 saturated carbocycles. The number of benzene rings is 2. The Kier molecular flexibility index (Phi) is 6.84. The normalized spacial score (nSPS) is 19.1. The summed E-state index contributed by atoms with van der Waals surface area (Å²) < 4.78 is 30.4. The van der Waals surface area contributed by atoms with Gasteiger partial charge in [-0.15, -0.1) is 0 Å². The van der Waals surface area contributed by atoms with Crippen molar-refractivity contribution in [1.82, 2.24) is 4.90 Å². The summed E-state index contributed by atoms with van der Waals surface area (Å²) >= 11 is 1.54. The predicted molar refractivity (Wildman–Crippen MR) is 128 cm³/mol. The predicted octanol–water partition coefficient (Wildman–Crippen LogP) is 5.36. The minimum absolute atomic E-state index is 0.406. The van der Waals surface area contributed by atoms with E-state index >= 15 is 0 Å². The van der Waals surface area contributed by atoms with Crippen LogP contribution in [0.3, 0.4) is 0 Å². The van der Waals surface area contributed by atoms with E-state index in [2.05, 4.69) is 22.8 Å². The maximum atomic E-state index is 12.5. The average molecular weight is 461 g/mol. The van der Waals surface area contributed by atoms with E-state index in [-0.39, 0.29) is 0 Å². The minimum atomic E-state index is -3.31. The summed E-state index contributed by atoms with van der Waals surface area (Å²) in [5, 5.41) is 0. The molecule has 0 bridgehead atoms. The van der Waals surface area contributed by atoms with Crippen molar-refractivity contribution < 1.29 is 13.2 Å². The number of hydrogen-bond acceptors (Lipinski definition) is 6. The van der Waals surface area contributed by atoms with Gasteiger partial charge in [0.2, 0.25) is 0 Å². The molecule has 2 aliphatic heterocycles. The zero-order chi connectivity index (χ0) is 22.0. The lowest BCUT2D eigenvalue weighted by Crippen LogP contribution is -2.40. The second-order valence-electron chi connectivity index (χ2n) is 8.41. The lowest BCUT2D eigenvalue weighted by molar-refractivity contribution is 0.143. The molecule has 1 saturated heterocycles. The van der Waals surface area contributed by atoms with Crippen LogP contribution in [0.5, 0.6) is 5.75 Å². The molecule has 1 atom stereocenters. The molecule has 2 heterocycles. The SMILES string of the molecule is CCC1CCCCN1CCCN1c2cc(OC)ccc2Sc2c1cccc2S(C)(=O)=O. The summed E-state index contributed by atoms with van der Waals surface area (Å²) in [6, 6.07) is 12.3. The summed E-state index contributed by atoms with van der Waals surface area (Å²) in [6.45, 7) is 5.39. The van der Waals surface area contributed by atoms with Crippen LogP contribution < -0.4 is 9.64 Å². The molecule has 31 heavy (non-hydrogen) atoms. The van der Waals surface area contributed by atoms with Crippen LogP contribution in [-0.2, 0) is 9.84 Å². The molecule has 0 N–H and O–H groups in total. The van der Waals surface area contributed by atoms with E-state index < -0.39 is 9.84 Å². The van der Waals surface area contributed by atoms with Crippen molar-refractivity contribution in [3.05, 3.63) is 36.4 Å². The molecule has 2 aliphatic rings. The highest BCUT2D eigenvalue weighted by Gasteiger charge is 2.29. The van der Waals surface area contributed by atoms with Crippen LogP contribution in [0.4, 0.5) is 11.4 Å². The molecule has 7 heteroatoms. The average Bonchev–Trinajstić information content (AvgIpc) is 2.77. The van der Waals surface area contributed by atoms with Gasteiger partial charge >= 0.3 is 0 Å². The van der Waals surface area contributed by atoms with Crippen molar-refractivity contribution >= 4 is 33.0 Å². The van der Waals surface area contributed by atoms with E-state index in [1.807, 2.05) is 24.3 Å². The van der Waals surface area contributed by atoms with Gasteiger partial charge in [0.05, 0.1) is 28.3 Å². The zero-order valence-electron chi connectivity index (χ0n) is 18.6. The Bertz CT molecular complexity index is 1040. The smallest absolute Gasteiger partial charge is 0.176 e. The summed E-state index contributed by atoms with van der Waals surface area (Å²) in [6.07, 6.45) is 7.46. The lowest BCUT2D eigenvalue weighted by Gasteiger charge is -2.37. The standard InChI is InChI=1S/C24H32N2O3S2/c1-4-18-9-5-6-14-25(18)15-8-16-26-20-10-7-11-23(31(3,27)28)24(20)30-22-13-12-19(29-2)17-21(22)26/h7,10-13,17-18H,4-6,8-9,14-16H2,1-3H3. The van der Waals surface area contributed by atoms with Crippen molar-refractivity contribution in [2.75, 3.05) is 37.9 Å². The Morgan fingerprint density at radius 2 is 1.97 bits per heavy atom. The first-order valence-electron chi connectivity index (χ1n) is 11.1. The van der Waals surface area contributed by atoms with Gasteiger partial charge in [0.25, 0.3) is 0 Å². The molecular formula is C24H32N2O3S2. The highest BCUT2D eigenvalue weighted by Crippen LogP contribution is 2.51. The quantitative estimate of drug-likeness (QED) is 0.555. The van der Waals surface area contributed by atoms with Crippen molar-refractivity contribution in [2.45, 2.75) is 59.8 Å². The maximum absolute atomic E-state index is 12.5. The molecule has 2 aromatic rings. The van der Waals surface area contributed by atoms with E-state index in [0.29, 0.717) is 10.9 Å².